The summed E-state index contributed by atoms with van der Waals surface area (Å²) in [6, 6.07) is 16.8. The summed E-state index contributed by atoms with van der Waals surface area (Å²) in [7, 11) is 1.60. The first-order valence-corrected chi connectivity index (χ1v) is 11.8. The van der Waals surface area contributed by atoms with Gasteiger partial charge in [-0.05, 0) is 73.7 Å². The van der Waals surface area contributed by atoms with E-state index in [2.05, 4.69) is 9.97 Å². The average Bonchev–Trinajstić information content (AvgIpc) is 3.47. The minimum atomic E-state index is -4.44. The van der Waals surface area contributed by atoms with Crippen LogP contribution in [0.4, 0.5) is 13.2 Å². The van der Waals surface area contributed by atoms with Gasteiger partial charge in [-0.25, -0.2) is 4.98 Å². The summed E-state index contributed by atoms with van der Waals surface area (Å²) < 4.78 is 45.0. The number of aromatic amines is 1. The van der Waals surface area contributed by atoms with Crippen molar-refractivity contribution < 1.29 is 22.7 Å². The number of likely N-dealkylation sites (tertiary alicyclic amines) is 1. The lowest BCUT2D eigenvalue weighted by Gasteiger charge is -2.34. The number of nitrogens with one attached hydrogen (secondary N) is 1. The minimum Gasteiger partial charge on any atom is -0.497 e. The number of amides is 1. The molecular formula is C28H26F3N3O2. The molecule has 186 valence electrons. The van der Waals surface area contributed by atoms with Gasteiger partial charge in [0.2, 0.25) is 0 Å². The van der Waals surface area contributed by atoms with E-state index in [1.807, 2.05) is 56.3 Å². The Kier molecular flexibility index (Phi) is 5.77. The Morgan fingerprint density at radius 2 is 1.89 bits per heavy atom. The molecule has 1 aliphatic heterocycles. The fourth-order valence-electron chi connectivity index (χ4n) is 5.09. The van der Waals surface area contributed by atoms with Crippen molar-refractivity contribution in [2.24, 2.45) is 0 Å². The van der Waals surface area contributed by atoms with Crippen LogP contribution in [0, 0.1) is 6.92 Å². The normalized spacial score (nSPS) is 18.1. The van der Waals surface area contributed by atoms with Gasteiger partial charge in [-0.3, -0.25) is 4.79 Å². The number of H-pyrrole nitrogens is 1. The monoisotopic (exact) mass is 493 g/mol. The fraction of sp³-hybridized carbons (Fsp3) is 0.286. The molecule has 5 nitrogen and oxygen atoms in total. The van der Waals surface area contributed by atoms with Crippen LogP contribution >= 0.6 is 0 Å². The standard InChI is InChI=1S/C28H26F3N3O2/c1-17-7-4-10-21(18-8-5-9-20(15-18)36-3)24(17)25(35)34-14-6-13-27(34,2)26-32-22-12-11-19(28(29,30)31)16-23(22)33-26/h4-5,7-12,15-16H,6,13-14H2,1-3H3,(H,32,33)/t27-/m0/s1. The summed E-state index contributed by atoms with van der Waals surface area (Å²) >= 11 is 0. The Bertz CT molecular complexity index is 1460. The molecule has 2 heterocycles. The summed E-state index contributed by atoms with van der Waals surface area (Å²) in [4.78, 5) is 23.6. The molecule has 0 spiro atoms. The van der Waals surface area contributed by atoms with Gasteiger partial charge in [0.05, 0.1) is 34.8 Å². The largest absolute Gasteiger partial charge is 0.497 e. The zero-order valence-corrected chi connectivity index (χ0v) is 20.2. The van der Waals surface area contributed by atoms with Gasteiger partial charge in [0.1, 0.15) is 11.6 Å². The summed E-state index contributed by atoms with van der Waals surface area (Å²) in [5.41, 5.74) is 2.31. The number of hydrogen-bond acceptors (Lipinski definition) is 3. The molecule has 3 aromatic carbocycles. The molecule has 8 heteroatoms. The van der Waals surface area contributed by atoms with E-state index in [0.29, 0.717) is 41.1 Å². The second-order valence-corrected chi connectivity index (χ2v) is 9.38. The van der Waals surface area contributed by atoms with Crippen molar-refractivity contribution in [1.29, 1.82) is 0 Å². The van der Waals surface area contributed by atoms with E-state index < -0.39 is 17.3 Å². The van der Waals surface area contributed by atoms with Gasteiger partial charge < -0.3 is 14.6 Å². The molecule has 1 N–H and O–H groups in total. The van der Waals surface area contributed by atoms with Crippen LogP contribution in [0.5, 0.6) is 5.75 Å². The number of imidazole rings is 1. The quantitative estimate of drug-likeness (QED) is 0.343. The molecule has 1 aromatic heterocycles. The lowest BCUT2D eigenvalue weighted by Crippen LogP contribution is -2.44. The number of benzene rings is 3. The number of hydrogen-bond donors (Lipinski definition) is 1. The van der Waals surface area contributed by atoms with Crippen molar-refractivity contribution in [2.45, 2.75) is 38.4 Å². The SMILES string of the molecule is COc1cccc(-c2cccc(C)c2C(=O)N2CCC[C@@]2(C)c2nc3ccc(C(F)(F)F)cc3[nH]2)c1. The van der Waals surface area contributed by atoms with Crippen LogP contribution in [0.3, 0.4) is 0 Å². The molecule has 5 rings (SSSR count). The van der Waals surface area contributed by atoms with Crippen molar-refractivity contribution in [3.63, 3.8) is 0 Å². The van der Waals surface area contributed by atoms with E-state index in [-0.39, 0.29) is 5.91 Å². The van der Waals surface area contributed by atoms with Crippen LogP contribution in [-0.2, 0) is 11.7 Å². The Morgan fingerprint density at radius 3 is 2.64 bits per heavy atom. The molecule has 1 amide bonds. The van der Waals surface area contributed by atoms with Crippen LogP contribution in [0.25, 0.3) is 22.2 Å². The van der Waals surface area contributed by atoms with Gasteiger partial charge in [0.15, 0.2) is 0 Å². The highest BCUT2D eigenvalue weighted by Gasteiger charge is 2.44. The predicted molar refractivity (Wildman–Crippen MR) is 132 cm³/mol. The van der Waals surface area contributed by atoms with Crippen molar-refractivity contribution in [3.8, 4) is 16.9 Å². The first-order valence-electron chi connectivity index (χ1n) is 11.8. The van der Waals surface area contributed by atoms with E-state index in [0.717, 1.165) is 35.2 Å². The van der Waals surface area contributed by atoms with Gasteiger partial charge in [0, 0.05) is 6.54 Å². The van der Waals surface area contributed by atoms with Crippen LogP contribution in [0.15, 0.2) is 60.7 Å². The summed E-state index contributed by atoms with van der Waals surface area (Å²) in [5, 5.41) is 0. The van der Waals surface area contributed by atoms with E-state index in [4.69, 9.17) is 4.74 Å². The highest BCUT2D eigenvalue weighted by Crippen LogP contribution is 2.41. The lowest BCUT2D eigenvalue weighted by atomic mass is 9.92. The number of rotatable bonds is 4. The van der Waals surface area contributed by atoms with Crippen molar-refractivity contribution in [1.82, 2.24) is 14.9 Å². The van der Waals surface area contributed by atoms with Crippen LogP contribution in [0.2, 0.25) is 0 Å². The predicted octanol–water partition coefficient (Wildman–Crippen LogP) is 6.72. The Labute approximate surface area is 206 Å². The minimum absolute atomic E-state index is 0.137. The molecule has 1 aliphatic rings. The highest BCUT2D eigenvalue weighted by atomic mass is 19.4. The highest BCUT2D eigenvalue weighted by molar-refractivity contribution is 6.03. The van der Waals surface area contributed by atoms with Gasteiger partial charge in [-0.15, -0.1) is 0 Å². The second kappa shape index (κ2) is 8.69. The summed E-state index contributed by atoms with van der Waals surface area (Å²) in [6.45, 7) is 4.35. The van der Waals surface area contributed by atoms with Gasteiger partial charge in [0.25, 0.3) is 5.91 Å². The van der Waals surface area contributed by atoms with Crippen molar-refractivity contribution in [3.05, 3.63) is 83.2 Å². The fourth-order valence-corrected chi connectivity index (χ4v) is 5.09. The molecule has 4 aromatic rings. The van der Waals surface area contributed by atoms with Crippen LogP contribution < -0.4 is 4.74 Å². The van der Waals surface area contributed by atoms with E-state index in [1.54, 1.807) is 12.0 Å². The molecule has 0 saturated carbocycles. The average molecular weight is 494 g/mol. The number of aryl methyl sites for hydroxylation is 1. The molecule has 0 bridgehead atoms. The lowest BCUT2D eigenvalue weighted by molar-refractivity contribution is -0.137. The molecule has 36 heavy (non-hydrogen) atoms. The number of aromatic nitrogens is 2. The molecule has 0 unspecified atom stereocenters. The van der Waals surface area contributed by atoms with Gasteiger partial charge in [-0.2, -0.15) is 13.2 Å². The zero-order valence-electron chi connectivity index (χ0n) is 20.2. The van der Waals surface area contributed by atoms with Crippen LogP contribution in [-0.4, -0.2) is 34.4 Å². The van der Waals surface area contributed by atoms with Gasteiger partial charge >= 0.3 is 6.18 Å². The maximum absolute atomic E-state index is 14.1. The van der Waals surface area contributed by atoms with E-state index in [9.17, 15) is 18.0 Å². The molecule has 1 saturated heterocycles. The number of methoxy groups -OCH3 is 1. The topological polar surface area (TPSA) is 58.2 Å². The van der Waals surface area contributed by atoms with Crippen molar-refractivity contribution >= 4 is 16.9 Å². The molecule has 0 radical (unpaired) electrons. The first kappa shape index (κ1) is 23.9. The Hall–Kier alpha value is -3.81. The third kappa shape index (κ3) is 4.00. The number of carbonyl (C=O) groups is 1. The number of alkyl halides is 3. The van der Waals surface area contributed by atoms with E-state index >= 15 is 0 Å². The van der Waals surface area contributed by atoms with Crippen LogP contribution in [0.1, 0.15) is 47.1 Å². The number of halogens is 3. The second-order valence-electron chi connectivity index (χ2n) is 9.38. The smallest absolute Gasteiger partial charge is 0.416 e. The number of ether oxygens (including phenoxy) is 1. The summed E-state index contributed by atoms with van der Waals surface area (Å²) in [5.74, 6) is 1.04. The Balaban J connectivity index is 1.57. The zero-order chi connectivity index (χ0) is 25.7. The third-order valence-corrected chi connectivity index (χ3v) is 7.07. The summed E-state index contributed by atoms with van der Waals surface area (Å²) in [6.07, 6.45) is -3.04. The first-order chi connectivity index (χ1) is 17.1. The molecular weight excluding hydrogens is 467 g/mol. The third-order valence-electron chi connectivity index (χ3n) is 7.07. The molecule has 1 fully saturated rings. The number of nitrogens with zero attached hydrogens (tertiary/aromatic N) is 2. The number of fused-ring (bicyclic) bond motifs is 1. The molecule has 1 atom stereocenters. The number of carbonyl (C=O) groups excluding carboxylic acids is 1. The van der Waals surface area contributed by atoms with E-state index in [1.165, 1.54) is 6.07 Å². The maximum atomic E-state index is 14.1. The Morgan fingerprint density at radius 1 is 1.11 bits per heavy atom. The van der Waals surface area contributed by atoms with Crippen molar-refractivity contribution in [2.75, 3.05) is 13.7 Å². The van der Waals surface area contributed by atoms with Gasteiger partial charge in [-0.1, -0.05) is 30.3 Å². The maximum Gasteiger partial charge on any atom is 0.416 e. The molecule has 0 aliphatic carbocycles.